The fourth-order valence-electron chi connectivity index (χ4n) is 3.01. The van der Waals surface area contributed by atoms with E-state index >= 15 is 0 Å². The fourth-order valence-corrected chi connectivity index (χ4v) is 3.01. The molecule has 3 aromatic heterocycles. The Morgan fingerprint density at radius 1 is 1.11 bits per heavy atom. The molecule has 1 amide bonds. The molecule has 0 unspecified atom stereocenters. The number of pyridine rings is 2. The van der Waals surface area contributed by atoms with Gasteiger partial charge < -0.3 is 9.15 Å². The highest BCUT2D eigenvalue weighted by Gasteiger charge is 2.22. The molecule has 0 fully saturated rings. The zero-order chi connectivity index (χ0) is 18.8. The topological polar surface area (TPSA) is 97.5 Å². The van der Waals surface area contributed by atoms with E-state index in [4.69, 9.17) is 14.4 Å². The maximum Gasteiger partial charge on any atom is 0.279 e. The maximum absolute atomic E-state index is 12.3. The predicted molar refractivity (Wildman–Crippen MR) is 98.5 cm³/mol. The van der Waals surface area contributed by atoms with Crippen LogP contribution in [0.4, 0.5) is 0 Å². The Balaban J connectivity index is 1.92. The Kier molecular flexibility index (Phi) is 4.27. The molecule has 4 rings (SSSR count). The molecule has 0 spiro atoms. The number of nitrogens with one attached hydrogen (secondary N) is 1. The second-order valence-electron chi connectivity index (χ2n) is 5.79. The lowest BCUT2D eigenvalue weighted by atomic mass is 10.0. The van der Waals surface area contributed by atoms with Crippen molar-refractivity contribution in [3.05, 3.63) is 66.9 Å². The summed E-state index contributed by atoms with van der Waals surface area (Å²) in [5.41, 5.74) is 5.63. The number of hydrogen-bond donors (Lipinski definition) is 2. The van der Waals surface area contributed by atoms with Crippen LogP contribution in [0.5, 0.6) is 5.75 Å². The van der Waals surface area contributed by atoms with Gasteiger partial charge in [-0.3, -0.25) is 15.0 Å². The number of aromatic nitrogens is 2. The molecule has 0 aliphatic heterocycles. The highest BCUT2D eigenvalue weighted by molar-refractivity contribution is 6.09. The molecule has 0 bridgehead atoms. The minimum absolute atomic E-state index is 0.173. The summed E-state index contributed by atoms with van der Waals surface area (Å²) in [5.74, 6) is -0.429. The molecule has 134 valence electrons. The second kappa shape index (κ2) is 6.89. The van der Waals surface area contributed by atoms with Gasteiger partial charge >= 0.3 is 0 Å². The van der Waals surface area contributed by atoms with Crippen molar-refractivity contribution in [3.8, 4) is 28.1 Å². The standard InChI is InChI=1S/C20H15N3O4/c1-26-19-17(20(24)23-25)15-10-21-8-6-16(15)22-18(19)13-4-2-12(3-5-13)14-7-9-27-11-14/h2-11,25H,1H3,(H,23,24). The van der Waals surface area contributed by atoms with Gasteiger partial charge in [0.25, 0.3) is 5.91 Å². The lowest BCUT2D eigenvalue weighted by molar-refractivity contribution is 0.0705. The van der Waals surface area contributed by atoms with Crippen molar-refractivity contribution in [2.75, 3.05) is 7.11 Å². The van der Waals surface area contributed by atoms with Gasteiger partial charge in [-0.2, -0.15) is 0 Å². The number of ether oxygens (including phenoxy) is 1. The van der Waals surface area contributed by atoms with Gasteiger partial charge in [-0.1, -0.05) is 24.3 Å². The number of hydrogen-bond acceptors (Lipinski definition) is 6. The molecule has 3 heterocycles. The molecule has 0 aliphatic carbocycles. The van der Waals surface area contributed by atoms with E-state index in [0.29, 0.717) is 16.6 Å². The minimum Gasteiger partial charge on any atom is -0.494 e. The minimum atomic E-state index is -0.691. The van der Waals surface area contributed by atoms with Crippen LogP contribution in [-0.2, 0) is 0 Å². The SMILES string of the molecule is COc1c(-c2ccc(-c3ccoc3)cc2)nc2ccncc2c1C(=O)NO. The van der Waals surface area contributed by atoms with E-state index in [0.717, 1.165) is 16.7 Å². The first-order chi connectivity index (χ1) is 13.2. The number of amides is 1. The molecule has 4 aromatic rings. The van der Waals surface area contributed by atoms with E-state index in [1.165, 1.54) is 13.3 Å². The first-order valence-electron chi connectivity index (χ1n) is 8.12. The van der Waals surface area contributed by atoms with Crippen LogP contribution in [0.1, 0.15) is 10.4 Å². The number of furan rings is 1. The predicted octanol–water partition coefficient (Wildman–Crippen LogP) is 3.68. The van der Waals surface area contributed by atoms with Crippen LogP contribution in [-0.4, -0.2) is 28.2 Å². The number of hydroxylamine groups is 1. The average Bonchev–Trinajstić information content (AvgIpc) is 3.26. The van der Waals surface area contributed by atoms with Gasteiger partial charge in [0.05, 0.1) is 30.7 Å². The van der Waals surface area contributed by atoms with Crippen molar-refractivity contribution >= 4 is 16.8 Å². The van der Waals surface area contributed by atoms with Crippen LogP contribution in [0.25, 0.3) is 33.3 Å². The maximum atomic E-state index is 12.3. The third kappa shape index (κ3) is 2.90. The zero-order valence-electron chi connectivity index (χ0n) is 14.3. The van der Waals surface area contributed by atoms with Gasteiger partial charge in [-0.25, -0.2) is 10.5 Å². The Morgan fingerprint density at radius 2 is 1.89 bits per heavy atom. The summed E-state index contributed by atoms with van der Waals surface area (Å²) in [6.07, 6.45) is 6.39. The molecule has 7 heteroatoms. The summed E-state index contributed by atoms with van der Waals surface area (Å²) >= 11 is 0. The van der Waals surface area contributed by atoms with E-state index in [2.05, 4.69) is 9.97 Å². The van der Waals surface area contributed by atoms with Crippen LogP contribution in [0.2, 0.25) is 0 Å². The molecule has 1 aromatic carbocycles. The average molecular weight is 361 g/mol. The third-order valence-corrected chi connectivity index (χ3v) is 4.29. The summed E-state index contributed by atoms with van der Waals surface area (Å²) in [4.78, 5) is 21.0. The largest absolute Gasteiger partial charge is 0.494 e. The molecule has 27 heavy (non-hydrogen) atoms. The lowest BCUT2D eigenvalue weighted by Crippen LogP contribution is -2.20. The number of methoxy groups -OCH3 is 1. The quantitative estimate of drug-likeness (QED) is 0.425. The fraction of sp³-hybridized carbons (Fsp3) is 0.0500. The van der Waals surface area contributed by atoms with Gasteiger partial charge in [0.2, 0.25) is 0 Å². The lowest BCUT2D eigenvalue weighted by Gasteiger charge is -2.15. The van der Waals surface area contributed by atoms with E-state index in [9.17, 15) is 4.79 Å². The number of benzene rings is 1. The zero-order valence-corrected chi connectivity index (χ0v) is 14.3. The van der Waals surface area contributed by atoms with Gasteiger partial charge in [-0.15, -0.1) is 0 Å². The van der Waals surface area contributed by atoms with E-state index < -0.39 is 5.91 Å². The first-order valence-corrected chi connectivity index (χ1v) is 8.12. The van der Waals surface area contributed by atoms with E-state index in [-0.39, 0.29) is 11.3 Å². The van der Waals surface area contributed by atoms with Crippen molar-refractivity contribution in [3.63, 3.8) is 0 Å². The number of carbonyl (C=O) groups excluding carboxylic acids is 1. The summed E-state index contributed by atoms with van der Waals surface area (Å²) in [6.45, 7) is 0. The van der Waals surface area contributed by atoms with Gasteiger partial charge in [-0.05, 0) is 17.7 Å². The van der Waals surface area contributed by atoms with Crippen LogP contribution in [0.15, 0.2) is 65.7 Å². The normalized spacial score (nSPS) is 10.7. The number of fused-ring (bicyclic) bond motifs is 1. The van der Waals surface area contributed by atoms with Crippen molar-refractivity contribution < 1.29 is 19.2 Å². The molecular formula is C20H15N3O4. The summed E-state index contributed by atoms with van der Waals surface area (Å²) in [6, 6.07) is 11.2. The Morgan fingerprint density at radius 3 is 2.56 bits per heavy atom. The monoisotopic (exact) mass is 361 g/mol. The second-order valence-corrected chi connectivity index (χ2v) is 5.79. The Hall–Kier alpha value is -3.71. The van der Waals surface area contributed by atoms with Crippen molar-refractivity contribution in [1.82, 2.24) is 15.4 Å². The van der Waals surface area contributed by atoms with Gasteiger partial charge in [0.15, 0.2) is 5.75 Å². The van der Waals surface area contributed by atoms with Crippen molar-refractivity contribution in [2.24, 2.45) is 0 Å². The summed E-state index contributed by atoms with van der Waals surface area (Å²) < 4.78 is 10.6. The summed E-state index contributed by atoms with van der Waals surface area (Å²) in [7, 11) is 1.46. The molecule has 0 radical (unpaired) electrons. The van der Waals surface area contributed by atoms with Crippen molar-refractivity contribution in [2.45, 2.75) is 0 Å². The molecular weight excluding hydrogens is 346 g/mol. The van der Waals surface area contributed by atoms with Crippen LogP contribution < -0.4 is 10.2 Å². The van der Waals surface area contributed by atoms with Crippen LogP contribution >= 0.6 is 0 Å². The van der Waals surface area contributed by atoms with E-state index in [1.807, 2.05) is 30.3 Å². The first kappa shape index (κ1) is 16.7. The molecule has 2 N–H and O–H groups in total. The smallest absolute Gasteiger partial charge is 0.279 e. The molecule has 0 saturated heterocycles. The van der Waals surface area contributed by atoms with Crippen molar-refractivity contribution in [1.29, 1.82) is 0 Å². The van der Waals surface area contributed by atoms with Gasteiger partial charge in [0, 0.05) is 28.9 Å². The Labute approximate surface area is 154 Å². The molecule has 0 atom stereocenters. The van der Waals surface area contributed by atoms with Crippen LogP contribution in [0.3, 0.4) is 0 Å². The van der Waals surface area contributed by atoms with E-state index in [1.54, 1.807) is 30.3 Å². The number of rotatable bonds is 4. The number of nitrogens with zero attached hydrogens (tertiary/aromatic N) is 2. The molecule has 7 nitrogen and oxygen atoms in total. The Bertz CT molecular complexity index is 1110. The highest BCUT2D eigenvalue weighted by atomic mass is 16.5. The highest BCUT2D eigenvalue weighted by Crippen LogP contribution is 2.36. The summed E-state index contributed by atoms with van der Waals surface area (Å²) in [5, 5.41) is 9.65. The van der Waals surface area contributed by atoms with Gasteiger partial charge in [0.1, 0.15) is 5.69 Å². The third-order valence-electron chi connectivity index (χ3n) is 4.29. The van der Waals surface area contributed by atoms with Crippen LogP contribution in [0, 0.1) is 0 Å². The molecule has 0 saturated carbocycles. The number of carbonyl (C=O) groups is 1. The molecule has 0 aliphatic rings.